The Morgan fingerprint density at radius 2 is 1.66 bits per heavy atom. The molecule has 3 amide bonds. The number of carbonyl (C=O) groups excluding carboxylic acids is 3. The topological polar surface area (TPSA) is 96.5 Å². The standard InChI is InChI=1S/C24H37N3O4Se/c1-24(2,3)31-23(30)27-19(15-17-11-7-5-8-12-17)21(28)26-20(16-32-4)22(29)25-18-13-9-6-10-14-18/h5,7-8,11-12,18-20H,6,9-10,13-16H2,1-4H3,(H,25,29)(H,26,28)(H,27,30)/t19-,20?/m1/s1. The van der Waals surface area contributed by atoms with E-state index in [2.05, 4.69) is 16.0 Å². The zero-order chi connectivity index (χ0) is 23.6. The van der Waals surface area contributed by atoms with Crippen molar-refractivity contribution >= 4 is 32.9 Å². The first-order valence-corrected chi connectivity index (χ1v) is 14.2. The Balaban J connectivity index is 2.08. The van der Waals surface area contributed by atoms with Crippen molar-refractivity contribution in [2.75, 3.05) is 0 Å². The first kappa shape index (κ1) is 26.2. The van der Waals surface area contributed by atoms with Crippen LogP contribution in [0.3, 0.4) is 0 Å². The van der Waals surface area contributed by atoms with Gasteiger partial charge in [-0.15, -0.1) is 0 Å². The van der Waals surface area contributed by atoms with Crippen LogP contribution in [0.15, 0.2) is 30.3 Å². The first-order valence-electron chi connectivity index (χ1n) is 11.3. The number of carbonyl (C=O) groups is 3. The van der Waals surface area contributed by atoms with Crippen LogP contribution >= 0.6 is 0 Å². The number of rotatable bonds is 9. The summed E-state index contributed by atoms with van der Waals surface area (Å²) in [7, 11) is 0. The van der Waals surface area contributed by atoms with E-state index in [1.807, 2.05) is 36.2 Å². The number of hydrogen-bond acceptors (Lipinski definition) is 4. The molecule has 0 heterocycles. The average Bonchev–Trinajstić information content (AvgIpc) is 2.73. The van der Waals surface area contributed by atoms with Crippen molar-refractivity contribution in [2.45, 2.75) is 94.2 Å². The Morgan fingerprint density at radius 3 is 2.25 bits per heavy atom. The molecule has 1 fully saturated rings. The number of nitrogens with one attached hydrogen (secondary N) is 3. The minimum absolute atomic E-state index is 0.135. The van der Waals surface area contributed by atoms with Crippen molar-refractivity contribution in [2.24, 2.45) is 0 Å². The predicted molar refractivity (Wildman–Crippen MR) is 127 cm³/mol. The van der Waals surface area contributed by atoms with Crippen LogP contribution in [0.1, 0.15) is 58.4 Å². The molecule has 178 valence electrons. The van der Waals surface area contributed by atoms with Gasteiger partial charge in [0.1, 0.15) is 0 Å². The van der Waals surface area contributed by atoms with Crippen molar-refractivity contribution < 1.29 is 19.1 Å². The van der Waals surface area contributed by atoms with E-state index in [0.29, 0.717) is 11.7 Å². The Morgan fingerprint density at radius 1 is 1.00 bits per heavy atom. The molecular formula is C24H37N3O4Se. The Hall–Kier alpha value is -2.05. The van der Waals surface area contributed by atoms with Gasteiger partial charge in [0, 0.05) is 0 Å². The van der Waals surface area contributed by atoms with E-state index >= 15 is 0 Å². The van der Waals surface area contributed by atoms with Gasteiger partial charge < -0.3 is 0 Å². The molecule has 1 unspecified atom stereocenters. The summed E-state index contributed by atoms with van der Waals surface area (Å²) in [5.41, 5.74) is 0.233. The van der Waals surface area contributed by atoms with Crippen molar-refractivity contribution in [3.63, 3.8) is 0 Å². The van der Waals surface area contributed by atoms with E-state index in [1.165, 1.54) is 6.42 Å². The molecule has 32 heavy (non-hydrogen) atoms. The molecule has 0 bridgehead atoms. The van der Waals surface area contributed by atoms with Crippen LogP contribution in [-0.2, 0) is 20.7 Å². The van der Waals surface area contributed by atoms with Gasteiger partial charge in [-0.05, 0) is 0 Å². The van der Waals surface area contributed by atoms with Crippen LogP contribution in [0.5, 0.6) is 0 Å². The van der Waals surface area contributed by atoms with Crippen LogP contribution in [0, 0.1) is 0 Å². The summed E-state index contributed by atoms with van der Waals surface area (Å²) in [5, 5.41) is 9.29. The van der Waals surface area contributed by atoms with Crippen LogP contribution in [0.2, 0.25) is 11.1 Å². The molecule has 0 spiro atoms. The maximum atomic E-state index is 13.2. The third-order valence-electron chi connectivity index (χ3n) is 5.21. The molecule has 1 aromatic carbocycles. The number of ether oxygens (including phenoxy) is 1. The van der Waals surface area contributed by atoms with Crippen molar-refractivity contribution in [3.05, 3.63) is 35.9 Å². The van der Waals surface area contributed by atoms with Crippen LogP contribution in [0.4, 0.5) is 4.79 Å². The van der Waals surface area contributed by atoms with E-state index in [-0.39, 0.29) is 32.8 Å². The van der Waals surface area contributed by atoms with Crippen LogP contribution in [-0.4, -0.2) is 56.6 Å². The molecule has 1 aliphatic carbocycles. The van der Waals surface area contributed by atoms with Crippen molar-refractivity contribution in [1.82, 2.24) is 16.0 Å². The van der Waals surface area contributed by atoms with Gasteiger partial charge in [0.2, 0.25) is 0 Å². The van der Waals surface area contributed by atoms with E-state index in [4.69, 9.17) is 4.74 Å². The number of alkyl carbamates (subject to hydrolysis) is 1. The maximum absolute atomic E-state index is 13.2. The van der Waals surface area contributed by atoms with Gasteiger partial charge in [-0.1, -0.05) is 0 Å². The van der Waals surface area contributed by atoms with Gasteiger partial charge in [0.15, 0.2) is 0 Å². The second-order valence-electron chi connectivity index (χ2n) is 9.25. The Kier molecular flexibility index (Phi) is 10.5. The summed E-state index contributed by atoms with van der Waals surface area (Å²) < 4.78 is 5.35. The number of amides is 3. The monoisotopic (exact) mass is 511 g/mol. The van der Waals surface area contributed by atoms with Crippen molar-refractivity contribution in [3.8, 4) is 0 Å². The third kappa shape index (κ3) is 9.61. The van der Waals surface area contributed by atoms with Gasteiger partial charge in [-0.25, -0.2) is 0 Å². The summed E-state index contributed by atoms with van der Waals surface area (Å²) in [4.78, 5) is 38.5. The van der Waals surface area contributed by atoms with E-state index in [1.54, 1.807) is 20.8 Å². The summed E-state index contributed by atoms with van der Waals surface area (Å²) in [6, 6.07) is 8.21. The van der Waals surface area contributed by atoms with Gasteiger partial charge >= 0.3 is 198 Å². The molecule has 1 aromatic rings. The van der Waals surface area contributed by atoms with Gasteiger partial charge in [0.25, 0.3) is 0 Å². The fourth-order valence-corrected chi connectivity index (χ4v) is 4.87. The summed E-state index contributed by atoms with van der Waals surface area (Å²) >= 11 is 0.204. The Bertz CT molecular complexity index is 745. The van der Waals surface area contributed by atoms with E-state index < -0.39 is 23.8 Å². The second-order valence-corrected chi connectivity index (χ2v) is 11.2. The first-order chi connectivity index (χ1) is 15.2. The van der Waals surface area contributed by atoms with Crippen LogP contribution < -0.4 is 16.0 Å². The number of hydrogen-bond donors (Lipinski definition) is 3. The van der Waals surface area contributed by atoms with Gasteiger partial charge in [-0.2, -0.15) is 0 Å². The molecule has 0 aliphatic heterocycles. The predicted octanol–water partition coefficient (Wildman–Crippen LogP) is 3.23. The molecule has 1 aliphatic rings. The van der Waals surface area contributed by atoms with Crippen molar-refractivity contribution in [1.29, 1.82) is 0 Å². The Labute approximate surface area is 198 Å². The molecule has 7 nitrogen and oxygen atoms in total. The SMILES string of the molecule is C[Se]CC(NC(=O)[C@@H](Cc1ccccc1)NC(=O)OC(C)(C)C)C(=O)NC1CCCCC1. The molecule has 0 radical (unpaired) electrons. The zero-order valence-corrected chi connectivity index (χ0v) is 21.3. The normalized spacial score (nSPS) is 16.5. The fourth-order valence-electron chi connectivity index (χ4n) is 3.68. The molecule has 2 rings (SSSR count). The molecule has 0 aromatic heterocycles. The summed E-state index contributed by atoms with van der Waals surface area (Å²) in [6.07, 6.45) is 5.08. The molecular weight excluding hydrogens is 473 g/mol. The van der Waals surface area contributed by atoms with E-state index in [9.17, 15) is 14.4 Å². The van der Waals surface area contributed by atoms with Crippen LogP contribution in [0.25, 0.3) is 0 Å². The van der Waals surface area contributed by atoms with E-state index in [0.717, 1.165) is 31.2 Å². The summed E-state index contributed by atoms with van der Waals surface area (Å²) in [5.74, 6) is 1.53. The van der Waals surface area contributed by atoms with Gasteiger partial charge in [-0.3, -0.25) is 0 Å². The molecule has 8 heteroatoms. The molecule has 0 saturated heterocycles. The second kappa shape index (κ2) is 12.9. The zero-order valence-electron chi connectivity index (χ0n) is 19.6. The summed E-state index contributed by atoms with van der Waals surface area (Å²) in [6.45, 7) is 5.31. The minimum atomic E-state index is -0.846. The fraction of sp³-hybridized carbons (Fsp3) is 0.625. The molecule has 1 saturated carbocycles. The van der Waals surface area contributed by atoms with Gasteiger partial charge in [0.05, 0.1) is 0 Å². The quantitative estimate of drug-likeness (QED) is 0.445. The number of benzene rings is 1. The molecule has 3 N–H and O–H groups in total. The molecule has 2 atom stereocenters. The third-order valence-corrected chi connectivity index (χ3v) is 6.61. The average molecular weight is 511 g/mol.